The van der Waals surface area contributed by atoms with Crippen LogP contribution in [0.2, 0.25) is 0 Å². The first-order valence-electron chi connectivity index (χ1n) is 6.66. The topological polar surface area (TPSA) is 63.7 Å². The van der Waals surface area contributed by atoms with Gasteiger partial charge in [0.1, 0.15) is 0 Å². The van der Waals surface area contributed by atoms with Gasteiger partial charge in [-0.1, -0.05) is 11.6 Å². The molecule has 5 nitrogen and oxygen atoms in total. The van der Waals surface area contributed by atoms with Crippen LogP contribution in [0.1, 0.15) is 22.3 Å². The van der Waals surface area contributed by atoms with Gasteiger partial charge >= 0.3 is 0 Å². The summed E-state index contributed by atoms with van der Waals surface area (Å²) in [4.78, 5) is 14.1. The Bertz CT molecular complexity index is 644. The van der Waals surface area contributed by atoms with Crippen molar-refractivity contribution in [2.24, 2.45) is 5.92 Å². The molecular weight excluding hydrogens is 314 g/mol. The van der Waals surface area contributed by atoms with E-state index in [2.05, 4.69) is 0 Å². The minimum atomic E-state index is -3.95. The van der Waals surface area contributed by atoms with E-state index in [-0.39, 0.29) is 16.4 Å². The van der Waals surface area contributed by atoms with Crippen molar-refractivity contribution in [2.75, 3.05) is 26.8 Å². The molecule has 2 rings (SSSR count). The number of likely N-dealkylation sites (tertiary alicyclic amines) is 1. The summed E-state index contributed by atoms with van der Waals surface area (Å²) in [7, 11) is 3.11. The molecule has 1 aliphatic heterocycles. The summed E-state index contributed by atoms with van der Waals surface area (Å²) in [5.74, 6) is -0.00338. The Kier molecular flexibility index (Phi) is 4.91. The second-order valence-electron chi connectivity index (χ2n) is 5.30. The number of rotatable bonds is 4. The zero-order valence-corrected chi connectivity index (χ0v) is 13.6. The molecule has 0 saturated carbocycles. The first kappa shape index (κ1) is 16.3. The van der Waals surface area contributed by atoms with Crippen LogP contribution in [0, 0.1) is 12.8 Å². The maximum absolute atomic E-state index is 12.6. The van der Waals surface area contributed by atoms with Crippen LogP contribution in [0.25, 0.3) is 0 Å². The molecule has 1 atom stereocenters. The van der Waals surface area contributed by atoms with Crippen LogP contribution in [0.5, 0.6) is 0 Å². The first-order valence-corrected chi connectivity index (χ1v) is 8.97. The second-order valence-corrected chi connectivity index (χ2v) is 7.83. The number of methoxy groups -OCH3 is 1. The molecule has 1 heterocycles. The van der Waals surface area contributed by atoms with Crippen molar-refractivity contribution < 1.29 is 17.9 Å². The molecule has 1 fully saturated rings. The van der Waals surface area contributed by atoms with Crippen molar-refractivity contribution in [1.29, 1.82) is 0 Å². The first-order chi connectivity index (χ1) is 9.82. The number of ether oxygens (including phenoxy) is 1. The predicted octanol–water partition coefficient (Wildman–Crippen LogP) is 2.03. The van der Waals surface area contributed by atoms with Crippen LogP contribution >= 0.6 is 10.7 Å². The Morgan fingerprint density at radius 2 is 2.19 bits per heavy atom. The summed E-state index contributed by atoms with van der Waals surface area (Å²) in [6.07, 6.45) is 0.856. The summed E-state index contributed by atoms with van der Waals surface area (Å²) in [6.45, 7) is 3.57. The van der Waals surface area contributed by atoms with Crippen LogP contribution in [0.3, 0.4) is 0 Å². The van der Waals surface area contributed by atoms with Crippen molar-refractivity contribution in [2.45, 2.75) is 18.2 Å². The largest absolute Gasteiger partial charge is 0.384 e. The Labute approximate surface area is 129 Å². The van der Waals surface area contributed by atoms with E-state index in [0.29, 0.717) is 25.6 Å². The molecule has 1 aliphatic rings. The van der Waals surface area contributed by atoms with Gasteiger partial charge in [0.15, 0.2) is 0 Å². The van der Waals surface area contributed by atoms with E-state index in [1.54, 1.807) is 31.1 Å². The standard InChI is InChI=1S/C14H18ClNO4S/c1-10-3-4-13(21(15,18)19)12(7-10)14(17)16-6-5-11(8-16)9-20-2/h3-4,7,11H,5-6,8-9H2,1-2H3. The molecule has 1 amide bonds. The molecular formula is C14H18ClNO4S. The van der Waals surface area contributed by atoms with Crippen LogP contribution in [0.4, 0.5) is 0 Å². The van der Waals surface area contributed by atoms with Crippen LogP contribution in [0.15, 0.2) is 23.1 Å². The molecule has 0 radical (unpaired) electrons. The van der Waals surface area contributed by atoms with E-state index in [9.17, 15) is 13.2 Å². The quantitative estimate of drug-likeness (QED) is 0.792. The summed E-state index contributed by atoms with van der Waals surface area (Å²) in [5, 5.41) is 0. The Hall–Kier alpha value is -1.11. The Balaban J connectivity index is 2.30. The molecule has 1 aromatic rings. The number of carbonyl (C=O) groups is 1. The lowest BCUT2D eigenvalue weighted by molar-refractivity contribution is 0.0771. The van der Waals surface area contributed by atoms with Crippen LogP contribution in [-0.4, -0.2) is 46.0 Å². The van der Waals surface area contributed by atoms with Gasteiger partial charge in [-0.2, -0.15) is 0 Å². The van der Waals surface area contributed by atoms with Crippen LogP contribution in [-0.2, 0) is 13.8 Å². The molecule has 1 unspecified atom stereocenters. The van der Waals surface area contributed by atoms with Gasteiger partial charge in [0.05, 0.1) is 17.1 Å². The maximum atomic E-state index is 12.6. The fourth-order valence-electron chi connectivity index (χ4n) is 2.58. The summed E-state index contributed by atoms with van der Waals surface area (Å²) in [5.41, 5.74) is 0.957. The molecule has 1 saturated heterocycles. The number of hydrogen-bond acceptors (Lipinski definition) is 4. The van der Waals surface area contributed by atoms with Crippen molar-refractivity contribution in [1.82, 2.24) is 4.90 Å². The number of benzene rings is 1. The minimum absolute atomic E-state index is 0.130. The molecule has 0 aliphatic carbocycles. The van der Waals surface area contributed by atoms with Crippen LogP contribution < -0.4 is 0 Å². The van der Waals surface area contributed by atoms with Crippen molar-refractivity contribution in [3.05, 3.63) is 29.3 Å². The number of carbonyl (C=O) groups excluding carboxylic acids is 1. The lowest BCUT2D eigenvalue weighted by atomic mass is 10.1. The van der Waals surface area contributed by atoms with E-state index >= 15 is 0 Å². The van der Waals surface area contributed by atoms with Gasteiger partial charge in [0, 0.05) is 36.8 Å². The second kappa shape index (κ2) is 6.34. The molecule has 116 valence electrons. The number of aryl methyl sites for hydroxylation is 1. The molecule has 0 N–H and O–H groups in total. The highest BCUT2D eigenvalue weighted by Crippen LogP contribution is 2.25. The highest BCUT2D eigenvalue weighted by Gasteiger charge is 2.30. The summed E-state index contributed by atoms with van der Waals surface area (Å²) >= 11 is 0. The number of amides is 1. The molecule has 0 spiro atoms. The third-order valence-electron chi connectivity index (χ3n) is 3.60. The fraction of sp³-hybridized carbons (Fsp3) is 0.500. The average Bonchev–Trinajstić information content (AvgIpc) is 2.85. The van der Waals surface area contributed by atoms with Crippen molar-refractivity contribution in [3.8, 4) is 0 Å². The smallest absolute Gasteiger partial charge is 0.262 e. The Morgan fingerprint density at radius 3 is 2.81 bits per heavy atom. The van der Waals surface area contributed by atoms with Gasteiger partial charge < -0.3 is 9.64 Å². The third-order valence-corrected chi connectivity index (χ3v) is 4.98. The highest BCUT2D eigenvalue weighted by molar-refractivity contribution is 8.13. The third kappa shape index (κ3) is 3.75. The van der Waals surface area contributed by atoms with E-state index in [0.717, 1.165) is 12.0 Å². The van der Waals surface area contributed by atoms with Gasteiger partial charge in [-0.15, -0.1) is 0 Å². The zero-order valence-electron chi connectivity index (χ0n) is 12.0. The number of nitrogens with zero attached hydrogens (tertiary/aromatic N) is 1. The molecule has 0 bridgehead atoms. The SMILES string of the molecule is COCC1CCN(C(=O)c2cc(C)ccc2S(=O)(=O)Cl)C1. The maximum Gasteiger partial charge on any atom is 0.262 e. The van der Waals surface area contributed by atoms with Crippen molar-refractivity contribution >= 4 is 25.6 Å². The zero-order chi connectivity index (χ0) is 15.6. The monoisotopic (exact) mass is 331 g/mol. The molecule has 7 heteroatoms. The van der Waals surface area contributed by atoms with Crippen molar-refractivity contribution in [3.63, 3.8) is 0 Å². The number of halogens is 1. The molecule has 0 aromatic heterocycles. The molecule has 21 heavy (non-hydrogen) atoms. The summed E-state index contributed by atoms with van der Waals surface area (Å²) in [6, 6.07) is 4.58. The van der Waals surface area contributed by atoms with E-state index < -0.39 is 9.05 Å². The highest BCUT2D eigenvalue weighted by atomic mass is 35.7. The van der Waals surface area contributed by atoms with E-state index in [1.165, 1.54) is 6.07 Å². The minimum Gasteiger partial charge on any atom is -0.384 e. The lowest BCUT2D eigenvalue weighted by Gasteiger charge is -2.18. The number of hydrogen-bond donors (Lipinski definition) is 0. The Morgan fingerprint density at radius 1 is 1.48 bits per heavy atom. The van der Waals surface area contributed by atoms with E-state index in [1.807, 2.05) is 0 Å². The van der Waals surface area contributed by atoms with Gasteiger partial charge in [-0.3, -0.25) is 4.79 Å². The summed E-state index contributed by atoms with van der Waals surface area (Å²) < 4.78 is 28.4. The van der Waals surface area contributed by atoms with Gasteiger partial charge in [-0.25, -0.2) is 8.42 Å². The lowest BCUT2D eigenvalue weighted by Crippen LogP contribution is -2.30. The van der Waals surface area contributed by atoms with Gasteiger partial charge in [0.2, 0.25) is 0 Å². The normalized spacial score (nSPS) is 19.0. The molecule has 1 aromatic carbocycles. The van der Waals surface area contributed by atoms with E-state index in [4.69, 9.17) is 15.4 Å². The van der Waals surface area contributed by atoms with Gasteiger partial charge in [0.25, 0.3) is 15.0 Å². The van der Waals surface area contributed by atoms with Gasteiger partial charge in [-0.05, 0) is 25.5 Å². The predicted molar refractivity (Wildman–Crippen MR) is 80.1 cm³/mol. The fourth-order valence-corrected chi connectivity index (χ4v) is 3.63. The average molecular weight is 332 g/mol.